The maximum absolute atomic E-state index is 8.49. The maximum Gasteiger partial charge on any atom is 0.155 e. The summed E-state index contributed by atoms with van der Waals surface area (Å²) in [5.74, 6) is 0. The molecule has 1 atom stereocenters. The molecule has 0 spiro atoms. The van der Waals surface area contributed by atoms with Crippen molar-refractivity contribution in [3.05, 3.63) is 0 Å². The number of hydrogen-bond donors (Lipinski definition) is 3. The highest BCUT2D eigenvalue weighted by molar-refractivity contribution is 7.88. The molecule has 0 heterocycles. The number of aliphatic hydroxyl groups excluding tert-OH is 2. The molecule has 0 radical (unpaired) electrons. The molecule has 0 aromatic rings. The van der Waals surface area contributed by atoms with Crippen molar-refractivity contribution in [3.8, 4) is 0 Å². The van der Waals surface area contributed by atoms with E-state index in [9.17, 15) is 0 Å². The van der Waals surface area contributed by atoms with Crippen LogP contribution in [0.2, 0.25) is 0 Å². The zero-order chi connectivity index (χ0) is 6.41. The quantitative estimate of drug-likeness (QED) is 0.458. The van der Waals surface area contributed by atoms with E-state index in [0.717, 1.165) is 0 Å². The molecule has 4 nitrogen and oxygen atoms in total. The van der Waals surface area contributed by atoms with Crippen LogP contribution in [0.25, 0.3) is 0 Å². The third-order valence-electron chi connectivity index (χ3n) is 0.524. The van der Waals surface area contributed by atoms with Crippen LogP contribution in [0.4, 0.5) is 0 Å². The van der Waals surface area contributed by atoms with Crippen molar-refractivity contribution in [3.63, 3.8) is 0 Å². The summed E-state index contributed by atoms with van der Waals surface area (Å²) >= 11 is 0.174. The number of rotatable bonds is 4. The minimum atomic E-state index is -0.894. The van der Waals surface area contributed by atoms with Gasteiger partial charge in [0.2, 0.25) is 0 Å². The molecular weight excluding hydrogens is 132 g/mol. The van der Waals surface area contributed by atoms with Gasteiger partial charge in [-0.2, -0.15) is 0 Å². The summed E-state index contributed by atoms with van der Waals surface area (Å²) in [6, 6.07) is 0. The molecule has 0 aliphatic carbocycles. The van der Waals surface area contributed by atoms with Crippen molar-refractivity contribution in [1.29, 1.82) is 0 Å². The average molecular weight is 140 g/mol. The largest absolute Gasteiger partial charge is 0.394 e. The van der Waals surface area contributed by atoms with E-state index >= 15 is 0 Å². The summed E-state index contributed by atoms with van der Waals surface area (Å²) in [7, 11) is 0. The normalized spacial score (nSPS) is 13.9. The molecule has 0 aliphatic heterocycles. The van der Waals surface area contributed by atoms with Crippen molar-refractivity contribution in [2.24, 2.45) is 0 Å². The molecule has 0 saturated heterocycles. The minimum Gasteiger partial charge on any atom is -0.394 e. The van der Waals surface area contributed by atoms with E-state index in [2.05, 4.69) is 4.18 Å². The van der Waals surface area contributed by atoms with E-state index in [1.165, 1.54) is 0 Å². The van der Waals surface area contributed by atoms with Crippen molar-refractivity contribution < 1.29 is 18.9 Å². The Morgan fingerprint density at radius 2 is 2.25 bits per heavy atom. The number of hydrogen-bond acceptors (Lipinski definition) is 5. The summed E-state index contributed by atoms with van der Waals surface area (Å²) in [5.41, 5.74) is 0. The van der Waals surface area contributed by atoms with Gasteiger partial charge in [-0.15, -0.1) is 0 Å². The summed E-state index contributed by atoms with van der Waals surface area (Å²) in [4.78, 5) is 0. The highest BCUT2D eigenvalue weighted by atomic mass is 32.2. The van der Waals surface area contributed by atoms with Crippen LogP contribution in [-0.4, -0.2) is 34.1 Å². The first kappa shape index (κ1) is 8.19. The average Bonchev–Trinajstić information content (AvgIpc) is 1.83. The third-order valence-corrected chi connectivity index (χ3v) is 0.765. The van der Waals surface area contributed by atoms with Crippen molar-refractivity contribution >= 4 is 12.3 Å². The molecular formula is C3H8O4S. The van der Waals surface area contributed by atoms with Gasteiger partial charge in [0.05, 0.1) is 13.2 Å². The van der Waals surface area contributed by atoms with Crippen LogP contribution in [0.3, 0.4) is 0 Å². The molecule has 0 aliphatic rings. The zero-order valence-electron chi connectivity index (χ0n) is 4.15. The maximum atomic E-state index is 8.49. The molecule has 50 valence electrons. The van der Waals surface area contributed by atoms with Gasteiger partial charge in [-0.1, -0.05) is 0 Å². The van der Waals surface area contributed by atoms with E-state index in [1.54, 1.807) is 0 Å². The molecule has 0 fully saturated rings. The Bertz CT molecular complexity index is 50.5. The topological polar surface area (TPSA) is 69.9 Å². The lowest BCUT2D eigenvalue weighted by molar-refractivity contribution is 0.0582. The first-order valence-corrected chi connectivity index (χ1v) is 2.73. The highest BCUT2D eigenvalue weighted by Gasteiger charge is 1.99. The fourth-order valence-corrected chi connectivity index (χ4v) is 0.380. The Labute approximate surface area is 51.5 Å². The van der Waals surface area contributed by atoms with Gasteiger partial charge in [0.1, 0.15) is 6.10 Å². The molecule has 8 heavy (non-hydrogen) atoms. The SMILES string of the molecule is OCC(O)COSO. The van der Waals surface area contributed by atoms with Crippen LogP contribution in [0.5, 0.6) is 0 Å². The van der Waals surface area contributed by atoms with Crippen LogP contribution in [0, 0.1) is 0 Å². The third kappa shape index (κ3) is 4.35. The summed E-state index contributed by atoms with van der Waals surface area (Å²) in [6.45, 7) is -0.405. The van der Waals surface area contributed by atoms with E-state index in [-0.39, 0.29) is 25.5 Å². The van der Waals surface area contributed by atoms with Crippen LogP contribution in [0.15, 0.2) is 0 Å². The lowest BCUT2D eigenvalue weighted by Gasteiger charge is -2.02. The van der Waals surface area contributed by atoms with Crippen molar-refractivity contribution in [2.75, 3.05) is 13.2 Å². The Morgan fingerprint density at radius 3 is 2.62 bits per heavy atom. The van der Waals surface area contributed by atoms with Gasteiger partial charge in [0.15, 0.2) is 12.3 Å². The predicted octanol–water partition coefficient (Wildman–Crippen LogP) is -0.523. The predicted molar refractivity (Wildman–Crippen MR) is 29.3 cm³/mol. The molecule has 0 amide bonds. The molecule has 0 aromatic heterocycles. The Kier molecular flexibility index (Phi) is 5.46. The minimum absolute atomic E-state index is 0.0579. The Balaban J connectivity index is 2.86. The van der Waals surface area contributed by atoms with E-state index in [4.69, 9.17) is 14.8 Å². The van der Waals surface area contributed by atoms with Crippen molar-refractivity contribution in [2.45, 2.75) is 6.10 Å². The van der Waals surface area contributed by atoms with E-state index in [0.29, 0.717) is 0 Å². The second-order valence-corrected chi connectivity index (χ2v) is 1.58. The highest BCUT2D eigenvalue weighted by Crippen LogP contribution is 1.94. The summed E-state index contributed by atoms with van der Waals surface area (Å²) in [5, 5.41) is 16.6. The first-order valence-electron chi connectivity index (χ1n) is 2.03. The van der Waals surface area contributed by atoms with E-state index < -0.39 is 6.10 Å². The number of aliphatic hydroxyl groups is 2. The van der Waals surface area contributed by atoms with E-state index in [1.807, 2.05) is 0 Å². The molecule has 0 saturated carbocycles. The second kappa shape index (κ2) is 5.33. The Hall–Kier alpha value is 0.190. The lowest BCUT2D eigenvalue weighted by atomic mass is 10.4. The molecule has 0 rings (SSSR count). The Morgan fingerprint density at radius 1 is 1.62 bits per heavy atom. The monoisotopic (exact) mass is 140 g/mol. The van der Waals surface area contributed by atoms with Crippen LogP contribution < -0.4 is 0 Å². The van der Waals surface area contributed by atoms with Gasteiger partial charge in [0.25, 0.3) is 0 Å². The fraction of sp³-hybridized carbons (Fsp3) is 1.00. The van der Waals surface area contributed by atoms with Crippen LogP contribution in [0.1, 0.15) is 0 Å². The second-order valence-electron chi connectivity index (χ2n) is 1.20. The van der Waals surface area contributed by atoms with Gasteiger partial charge < -0.3 is 14.8 Å². The lowest BCUT2D eigenvalue weighted by Crippen LogP contribution is -2.17. The molecule has 5 heteroatoms. The van der Waals surface area contributed by atoms with Gasteiger partial charge in [0, 0.05) is 0 Å². The van der Waals surface area contributed by atoms with Crippen LogP contribution in [-0.2, 0) is 4.18 Å². The first-order chi connectivity index (χ1) is 3.81. The molecule has 0 aromatic carbocycles. The van der Waals surface area contributed by atoms with Gasteiger partial charge in [-0.25, -0.2) is 0 Å². The van der Waals surface area contributed by atoms with Gasteiger partial charge in [-0.05, 0) is 0 Å². The standard InChI is InChI=1S/C3H8O4S/c4-1-3(5)2-7-8-6/h3-6H,1-2H2. The fourth-order valence-electron chi connectivity index (χ4n) is 0.162. The zero-order valence-corrected chi connectivity index (χ0v) is 4.97. The van der Waals surface area contributed by atoms with Gasteiger partial charge >= 0.3 is 0 Å². The molecule has 0 bridgehead atoms. The molecule has 3 N–H and O–H groups in total. The van der Waals surface area contributed by atoms with Gasteiger partial charge in [-0.3, -0.25) is 4.18 Å². The smallest absolute Gasteiger partial charge is 0.155 e. The van der Waals surface area contributed by atoms with Crippen molar-refractivity contribution in [1.82, 2.24) is 0 Å². The summed E-state index contributed by atoms with van der Waals surface area (Å²) < 4.78 is 12.2. The summed E-state index contributed by atoms with van der Waals surface area (Å²) in [6.07, 6.45) is -0.894. The molecule has 1 unspecified atom stereocenters. The van der Waals surface area contributed by atoms with Crippen LogP contribution >= 0.6 is 12.3 Å².